The van der Waals surface area contributed by atoms with Gasteiger partial charge in [-0.2, -0.15) is 0 Å². The van der Waals surface area contributed by atoms with E-state index in [9.17, 15) is 4.79 Å². The SMILES string of the molecule is C=CC(=O)C=CC=CCCCCCCCCCCCCC. The third kappa shape index (κ3) is 16.8. The van der Waals surface area contributed by atoms with Crippen LogP contribution in [-0.2, 0) is 4.79 Å². The fraction of sp³-hybridized carbons (Fsp3) is 0.650. The van der Waals surface area contributed by atoms with E-state index in [2.05, 4.69) is 19.6 Å². The van der Waals surface area contributed by atoms with Crippen LogP contribution in [0.25, 0.3) is 0 Å². The Morgan fingerprint density at radius 3 is 1.86 bits per heavy atom. The van der Waals surface area contributed by atoms with Crippen LogP contribution in [0.4, 0.5) is 0 Å². The van der Waals surface area contributed by atoms with Gasteiger partial charge in [-0.1, -0.05) is 95.9 Å². The average molecular weight is 290 g/mol. The van der Waals surface area contributed by atoms with Gasteiger partial charge in [-0.05, 0) is 25.0 Å². The number of ketones is 1. The summed E-state index contributed by atoms with van der Waals surface area (Å²) in [5, 5.41) is 0. The van der Waals surface area contributed by atoms with Crippen LogP contribution in [0.15, 0.2) is 37.0 Å². The van der Waals surface area contributed by atoms with Crippen LogP contribution in [0.2, 0.25) is 0 Å². The summed E-state index contributed by atoms with van der Waals surface area (Å²) < 4.78 is 0. The molecule has 0 fully saturated rings. The first-order valence-corrected chi connectivity index (χ1v) is 8.81. The van der Waals surface area contributed by atoms with Crippen LogP contribution < -0.4 is 0 Å². The van der Waals surface area contributed by atoms with E-state index in [1.54, 1.807) is 12.2 Å². The molecule has 0 amide bonds. The van der Waals surface area contributed by atoms with Gasteiger partial charge in [0.25, 0.3) is 0 Å². The van der Waals surface area contributed by atoms with Gasteiger partial charge in [-0.25, -0.2) is 0 Å². The van der Waals surface area contributed by atoms with E-state index in [0.717, 1.165) is 6.42 Å². The van der Waals surface area contributed by atoms with Gasteiger partial charge in [0, 0.05) is 0 Å². The lowest BCUT2D eigenvalue weighted by molar-refractivity contribution is -0.110. The minimum Gasteiger partial charge on any atom is -0.290 e. The summed E-state index contributed by atoms with van der Waals surface area (Å²) in [5.74, 6) is -0.0330. The molecule has 0 heterocycles. The van der Waals surface area contributed by atoms with Crippen molar-refractivity contribution in [1.82, 2.24) is 0 Å². The molecule has 120 valence electrons. The smallest absolute Gasteiger partial charge is 0.178 e. The molecule has 0 bridgehead atoms. The van der Waals surface area contributed by atoms with E-state index in [1.165, 1.54) is 76.7 Å². The van der Waals surface area contributed by atoms with Gasteiger partial charge in [-0.3, -0.25) is 4.79 Å². The van der Waals surface area contributed by atoms with Gasteiger partial charge in [0.05, 0.1) is 0 Å². The summed E-state index contributed by atoms with van der Waals surface area (Å²) in [6.45, 7) is 5.69. The first-order valence-electron chi connectivity index (χ1n) is 8.81. The van der Waals surface area contributed by atoms with Crippen molar-refractivity contribution in [2.24, 2.45) is 0 Å². The lowest BCUT2D eigenvalue weighted by Gasteiger charge is -2.01. The van der Waals surface area contributed by atoms with E-state index < -0.39 is 0 Å². The predicted octanol–water partition coefficient (Wildman–Crippen LogP) is 6.56. The Balaban J connectivity index is 3.18. The Labute approximate surface area is 132 Å². The van der Waals surface area contributed by atoms with Crippen LogP contribution in [0.3, 0.4) is 0 Å². The number of hydrogen-bond acceptors (Lipinski definition) is 1. The zero-order valence-electron chi connectivity index (χ0n) is 14.0. The van der Waals surface area contributed by atoms with Crippen molar-refractivity contribution in [1.29, 1.82) is 0 Å². The molecule has 0 aliphatic carbocycles. The van der Waals surface area contributed by atoms with Crippen LogP contribution >= 0.6 is 0 Å². The number of unbranched alkanes of at least 4 members (excludes halogenated alkanes) is 11. The van der Waals surface area contributed by atoms with Gasteiger partial charge < -0.3 is 0 Å². The van der Waals surface area contributed by atoms with Crippen LogP contribution in [0.1, 0.15) is 84.0 Å². The molecule has 0 aromatic rings. The molecule has 0 aliphatic heterocycles. The van der Waals surface area contributed by atoms with E-state index >= 15 is 0 Å². The number of carbonyl (C=O) groups excluding carboxylic acids is 1. The normalized spacial score (nSPS) is 11.5. The summed E-state index contributed by atoms with van der Waals surface area (Å²) >= 11 is 0. The maximum atomic E-state index is 10.9. The first kappa shape index (κ1) is 19.9. The van der Waals surface area contributed by atoms with E-state index in [0.29, 0.717) is 0 Å². The van der Waals surface area contributed by atoms with Crippen molar-refractivity contribution < 1.29 is 4.79 Å². The van der Waals surface area contributed by atoms with Gasteiger partial charge in [0.1, 0.15) is 0 Å². The third-order valence-corrected chi connectivity index (χ3v) is 3.68. The molecule has 0 aromatic carbocycles. The number of hydrogen-bond donors (Lipinski definition) is 0. The van der Waals surface area contributed by atoms with Crippen molar-refractivity contribution in [2.75, 3.05) is 0 Å². The van der Waals surface area contributed by atoms with Crippen LogP contribution in [0, 0.1) is 0 Å². The quantitative estimate of drug-likeness (QED) is 0.190. The largest absolute Gasteiger partial charge is 0.290 e. The highest BCUT2D eigenvalue weighted by Gasteiger charge is 1.92. The molecule has 0 saturated heterocycles. The van der Waals surface area contributed by atoms with Gasteiger partial charge >= 0.3 is 0 Å². The Kier molecular flexibility index (Phi) is 16.0. The Morgan fingerprint density at radius 2 is 1.33 bits per heavy atom. The number of rotatable bonds is 15. The van der Waals surface area contributed by atoms with E-state index in [4.69, 9.17) is 0 Å². The molecule has 0 saturated carbocycles. The van der Waals surface area contributed by atoms with Crippen molar-refractivity contribution >= 4 is 5.78 Å². The fourth-order valence-electron chi connectivity index (χ4n) is 2.32. The van der Waals surface area contributed by atoms with Crippen LogP contribution in [-0.4, -0.2) is 5.78 Å². The molecule has 1 nitrogen and oxygen atoms in total. The minimum atomic E-state index is -0.0330. The zero-order valence-corrected chi connectivity index (χ0v) is 14.0. The minimum absolute atomic E-state index is 0.0330. The third-order valence-electron chi connectivity index (χ3n) is 3.68. The highest BCUT2D eigenvalue weighted by molar-refractivity contribution is 5.98. The Hall–Kier alpha value is -1.11. The number of carbonyl (C=O) groups is 1. The van der Waals surface area contributed by atoms with Gasteiger partial charge in [0.2, 0.25) is 0 Å². The van der Waals surface area contributed by atoms with Crippen molar-refractivity contribution in [2.45, 2.75) is 84.0 Å². The van der Waals surface area contributed by atoms with Gasteiger partial charge in [-0.15, -0.1) is 0 Å². The summed E-state index contributed by atoms with van der Waals surface area (Å²) in [7, 11) is 0. The second-order valence-corrected chi connectivity index (χ2v) is 5.72. The Morgan fingerprint density at radius 1 is 0.810 bits per heavy atom. The van der Waals surface area contributed by atoms with E-state index in [1.807, 2.05) is 6.08 Å². The maximum Gasteiger partial charge on any atom is 0.178 e. The lowest BCUT2D eigenvalue weighted by atomic mass is 10.1. The summed E-state index contributed by atoms with van der Waals surface area (Å²) in [4.78, 5) is 10.9. The summed E-state index contributed by atoms with van der Waals surface area (Å²) in [6, 6.07) is 0. The molecular weight excluding hydrogens is 256 g/mol. The lowest BCUT2D eigenvalue weighted by Crippen LogP contribution is -1.82. The fourth-order valence-corrected chi connectivity index (χ4v) is 2.32. The van der Waals surface area contributed by atoms with Crippen molar-refractivity contribution in [3.05, 3.63) is 37.0 Å². The average Bonchev–Trinajstić information content (AvgIpc) is 2.50. The topological polar surface area (TPSA) is 17.1 Å². The molecule has 0 radical (unpaired) electrons. The monoisotopic (exact) mass is 290 g/mol. The predicted molar refractivity (Wildman–Crippen MR) is 94.6 cm³/mol. The van der Waals surface area contributed by atoms with Gasteiger partial charge in [0.15, 0.2) is 5.78 Å². The molecular formula is C20H34O. The molecule has 0 aromatic heterocycles. The molecule has 0 unspecified atom stereocenters. The van der Waals surface area contributed by atoms with Crippen molar-refractivity contribution in [3.63, 3.8) is 0 Å². The van der Waals surface area contributed by atoms with Crippen molar-refractivity contribution in [3.8, 4) is 0 Å². The molecule has 0 rings (SSSR count). The number of allylic oxidation sites excluding steroid dienone is 5. The van der Waals surface area contributed by atoms with Crippen LogP contribution in [0.5, 0.6) is 0 Å². The maximum absolute atomic E-state index is 10.9. The second kappa shape index (κ2) is 16.9. The highest BCUT2D eigenvalue weighted by Crippen LogP contribution is 2.11. The molecule has 0 N–H and O–H groups in total. The molecule has 21 heavy (non-hydrogen) atoms. The zero-order chi connectivity index (χ0) is 15.6. The van der Waals surface area contributed by atoms with E-state index in [-0.39, 0.29) is 5.78 Å². The molecule has 0 spiro atoms. The Bertz CT molecular complexity index is 299. The molecule has 0 aliphatic rings. The first-order chi connectivity index (χ1) is 10.3. The standard InChI is InChI=1S/C20H34O/c1-3-5-6-7-8-9-10-11-12-13-14-15-16-17-18-19-20(21)4-2/h4,16-19H,2-3,5-15H2,1H3. The highest BCUT2D eigenvalue weighted by atomic mass is 16.1. The molecule has 0 atom stereocenters. The second-order valence-electron chi connectivity index (χ2n) is 5.72. The summed E-state index contributed by atoms with van der Waals surface area (Å²) in [6.07, 6.45) is 25.1. The summed E-state index contributed by atoms with van der Waals surface area (Å²) in [5.41, 5.74) is 0. The molecule has 1 heteroatoms.